The summed E-state index contributed by atoms with van der Waals surface area (Å²) in [5.41, 5.74) is 2.59. The van der Waals surface area contributed by atoms with Gasteiger partial charge in [0.25, 0.3) is 0 Å². The average Bonchev–Trinajstić information content (AvgIpc) is 2.41. The predicted octanol–water partition coefficient (Wildman–Crippen LogP) is 4.16. The van der Waals surface area contributed by atoms with Crippen molar-refractivity contribution in [1.29, 1.82) is 0 Å². The van der Waals surface area contributed by atoms with Crippen LogP contribution in [0.1, 0.15) is 18.1 Å². The maximum Gasteiger partial charge on any atom is 0.216 e. The Labute approximate surface area is 112 Å². The van der Waals surface area contributed by atoms with Crippen LogP contribution in [0.5, 0.6) is 0 Å². The molecule has 0 atom stereocenters. The maximum atomic E-state index is 12.0. The van der Waals surface area contributed by atoms with E-state index >= 15 is 0 Å². The summed E-state index contributed by atoms with van der Waals surface area (Å²) >= 11 is 5.94. The summed E-state index contributed by atoms with van der Waals surface area (Å²) in [5, 5.41) is 12.7. The highest BCUT2D eigenvalue weighted by Crippen LogP contribution is 2.16. The summed E-state index contributed by atoms with van der Waals surface area (Å²) in [6.07, 6.45) is 2.43. The zero-order chi connectivity index (χ0) is 13.0. The van der Waals surface area contributed by atoms with Gasteiger partial charge in [0, 0.05) is 22.7 Å². The van der Waals surface area contributed by atoms with E-state index in [9.17, 15) is 5.21 Å². The summed E-state index contributed by atoms with van der Waals surface area (Å²) in [7, 11) is 0. The highest BCUT2D eigenvalue weighted by molar-refractivity contribution is 6.30. The van der Waals surface area contributed by atoms with Crippen molar-refractivity contribution in [3.05, 3.63) is 69.9 Å². The molecule has 0 spiro atoms. The summed E-state index contributed by atoms with van der Waals surface area (Å²) < 4.78 is 0.877. The maximum absolute atomic E-state index is 12.0. The van der Waals surface area contributed by atoms with E-state index in [1.165, 1.54) is 0 Å². The topological polar surface area (TPSA) is 26.1 Å². The standard InChI is InChI=1S/C15H14ClNO/c1-2-12-10-14(16)9-8-13(12)11-17(18)15-6-4-3-5-7-15/h3-11H,2H2,1H3. The molecule has 3 heteroatoms. The highest BCUT2D eigenvalue weighted by Gasteiger charge is 2.05. The van der Waals surface area contributed by atoms with E-state index in [0.717, 1.165) is 22.3 Å². The molecule has 0 saturated carbocycles. The molecule has 0 saturated heterocycles. The lowest BCUT2D eigenvalue weighted by Crippen LogP contribution is -2.01. The van der Waals surface area contributed by atoms with Crippen LogP contribution in [-0.4, -0.2) is 11.0 Å². The van der Waals surface area contributed by atoms with Gasteiger partial charge in [0.1, 0.15) is 0 Å². The molecule has 2 aromatic carbocycles. The minimum atomic E-state index is 0.620. The summed E-state index contributed by atoms with van der Waals surface area (Å²) in [4.78, 5) is 0. The zero-order valence-corrected chi connectivity index (χ0v) is 10.9. The fourth-order valence-electron chi connectivity index (χ4n) is 1.78. The number of aryl methyl sites for hydroxylation is 1. The Kier molecular flexibility index (Phi) is 4.00. The first-order valence-corrected chi connectivity index (χ1v) is 6.23. The van der Waals surface area contributed by atoms with Crippen LogP contribution in [0.4, 0.5) is 5.69 Å². The van der Waals surface area contributed by atoms with Crippen LogP contribution in [0.15, 0.2) is 48.5 Å². The van der Waals surface area contributed by atoms with Crippen molar-refractivity contribution in [3.63, 3.8) is 0 Å². The molecule has 0 aliphatic rings. The van der Waals surface area contributed by atoms with Crippen molar-refractivity contribution in [2.24, 2.45) is 0 Å². The zero-order valence-electron chi connectivity index (χ0n) is 10.1. The van der Waals surface area contributed by atoms with Gasteiger partial charge in [-0.15, -0.1) is 0 Å². The Morgan fingerprint density at radius 1 is 1.17 bits per heavy atom. The molecule has 2 nitrogen and oxygen atoms in total. The second-order valence-electron chi connectivity index (χ2n) is 3.99. The molecule has 0 N–H and O–H groups in total. The van der Waals surface area contributed by atoms with Gasteiger partial charge in [0.2, 0.25) is 5.69 Å². The van der Waals surface area contributed by atoms with E-state index in [0.29, 0.717) is 10.7 Å². The first kappa shape index (κ1) is 12.7. The van der Waals surface area contributed by atoms with Gasteiger partial charge in [-0.1, -0.05) is 36.7 Å². The van der Waals surface area contributed by atoms with Gasteiger partial charge in [0.05, 0.1) is 0 Å². The minimum Gasteiger partial charge on any atom is -0.618 e. The molecular formula is C15H14ClNO. The lowest BCUT2D eigenvalue weighted by molar-refractivity contribution is -0.354. The normalized spacial score (nSPS) is 11.6. The van der Waals surface area contributed by atoms with Crippen molar-refractivity contribution in [1.82, 2.24) is 0 Å². The number of rotatable bonds is 3. The van der Waals surface area contributed by atoms with E-state index in [2.05, 4.69) is 0 Å². The summed E-state index contributed by atoms with van der Waals surface area (Å²) in [5.74, 6) is 0. The number of hydrogen-bond acceptors (Lipinski definition) is 1. The van der Waals surface area contributed by atoms with Gasteiger partial charge in [-0.25, -0.2) is 0 Å². The monoisotopic (exact) mass is 259 g/mol. The molecular weight excluding hydrogens is 246 g/mol. The second-order valence-corrected chi connectivity index (χ2v) is 4.42. The van der Waals surface area contributed by atoms with Gasteiger partial charge in [-0.2, -0.15) is 4.74 Å². The molecule has 0 aliphatic carbocycles. The van der Waals surface area contributed by atoms with Crippen molar-refractivity contribution >= 4 is 23.5 Å². The van der Waals surface area contributed by atoms with Crippen molar-refractivity contribution < 1.29 is 4.74 Å². The van der Waals surface area contributed by atoms with E-state index in [1.807, 2.05) is 37.3 Å². The number of benzene rings is 2. The smallest absolute Gasteiger partial charge is 0.216 e. The van der Waals surface area contributed by atoms with Gasteiger partial charge >= 0.3 is 0 Å². The van der Waals surface area contributed by atoms with Crippen LogP contribution in [0, 0.1) is 5.21 Å². The Hall–Kier alpha value is -1.80. The third-order valence-corrected chi connectivity index (χ3v) is 2.99. The Balaban J connectivity index is 2.39. The van der Waals surface area contributed by atoms with Crippen LogP contribution < -0.4 is 0 Å². The Morgan fingerprint density at radius 3 is 2.56 bits per heavy atom. The predicted molar refractivity (Wildman–Crippen MR) is 75.7 cm³/mol. The molecule has 18 heavy (non-hydrogen) atoms. The minimum absolute atomic E-state index is 0.620. The van der Waals surface area contributed by atoms with E-state index < -0.39 is 0 Å². The first-order chi connectivity index (χ1) is 8.70. The molecule has 2 rings (SSSR count). The lowest BCUT2D eigenvalue weighted by Gasteiger charge is -2.05. The van der Waals surface area contributed by atoms with Crippen molar-refractivity contribution in [2.75, 3.05) is 0 Å². The lowest BCUT2D eigenvalue weighted by atomic mass is 10.1. The van der Waals surface area contributed by atoms with Gasteiger partial charge in [-0.3, -0.25) is 0 Å². The van der Waals surface area contributed by atoms with Gasteiger partial charge in [-0.05, 0) is 30.2 Å². The fourth-order valence-corrected chi connectivity index (χ4v) is 1.98. The van der Waals surface area contributed by atoms with Crippen LogP contribution in [-0.2, 0) is 6.42 Å². The van der Waals surface area contributed by atoms with Crippen molar-refractivity contribution in [2.45, 2.75) is 13.3 Å². The number of nitrogens with zero attached hydrogens (tertiary/aromatic N) is 1. The Morgan fingerprint density at radius 2 is 1.89 bits per heavy atom. The molecule has 0 heterocycles. The van der Waals surface area contributed by atoms with Crippen LogP contribution in [0.25, 0.3) is 0 Å². The molecule has 0 aliphatic heterocycles. The summed E-state index contributed by atoms with van der Waals surface area (Å²) in [6, 6.07) is 14.7. The van der Waals surface area contributed by atoms with E-state index in [4.69, 9.17) is 11.6 Å². The fraction of sp³-hybridized carbons (Fsp3) is 0.133. The number of halogens is 1. The highest BCUT2D eigenvalue weighted by atomic mass is 35.5. The average molecular weight is 260 g/mol. The van der Waals surface area contributed by atoms with E-state index in [1.54, 1.807) is 24.4 Å². The molecule has 0 bridgehead atoms. The third kappa shape index (κ3) is 2.90. The van der Waals surface area contributed by atoms with E-state index in [-0.39, 0.29) is 0 Å². The number of hydrogen-bond donors (Lipinski definition) is 0. The Bertz CT molecular complexity index is 564. The van der Waals surface area contributed by atoms with Crippen LogP contribution in [0.2, 0.25) is 5.02 Å². The van der Waals surface area contributed by atoms with Gasteiger partial charge in [0.15, 0.2) is 6.21 Å². The molecule has 0 amide bonds. The molecule has 2 aromatic rings. The van der Waals surface area contributed by atoms with Gasteiger partial charge < -0.3 is 5.21 Å². The molecule has 92 valence electrons. The number of para-hydroxylation sites is 1. The first-order valence-electron chi connectivity index (χ1n) is 5.85. The largest absolute Gasteiger partial charge is 0.618 e. The van der Waals surface area contributed by atoms with Crippen molar-refractivity contribution in [3.8, 4) is 0 Å². The quantitative estimate of drug-likeness (QED) is 0.352. The third-order valence-electron chi connectivity index (χ3n) is 2.75. The second kappa shape index (κ2) is 5.69. The molecule has 0 unspecified atom stereocenters. The van der Waals surface area contributed by atoms with Crippen LogP contribution >= 0.6 is 11.6 Å². The van der Waals surface area contributed by atoms with Crippen LogP contribution in [0.3, 0.4) is 0 Å². The molecule has 0 fully saturated rings. The summed E-state index contributed by atoms with van der Waals surface area (Å²) in [6.45, 7) is 2.04. The molecule has 0 aromatic heterocycles. The molecule has 0 radical (unpaired) electrons. The SMILES string of the molecule is CCc1cc(Cl)ccc1C=[N+]([O-])c1ccccc1.